The first-order valence-corrected chi connectivity index (χ1v) is 8.88. The Hall–Kier alpha value is -0.910. The zero-order chi connectivity index (χ0) is 14.8. The van der Waals surface area contributed by atoms with Gasteiger partial charge in [0, 0.05) is 10.7 Å². The maximum Gasteiger partial charge on any atom is 0.110 e. The number of nitrogens with one attached hydrogen (secondary N) is 1. The molecule has 0 fully saturated rings. The van der Waals surface area contributed by atoms with Crippen LogP contribution in [0.2, 0.25) is 0 Å². The molecule has 0 amide bonds. The zero-order valence-corrected chi connectivity index (χ0v) is 13.9. The molecule has 108 valence electrons. The molecule has 0 saturated carbocycles. The van der Waals surface area contributed by atoms with Crippen LogP contribution in [-0.4, -0.2) is 33.2 Å². The number of benzene rings is 1. The molecular formula is C15H20N2OS2. The van der Waals surface area contributed by atoms with E-state index in [0.717, 1.165) is 26.7 Å². The van der Waals surface area contributed by atoms with Crippen molar-refractivity contribution in [3.05, 3.63) is 39.9 Å². The Morgan fingerprint density at radius 3 is 2.55 bits per heavy atom. The van der Waals surface area contributed by atoms with Crippen LogP contribution in [0.4, 0.5) is 0 Å². The lowest BCUT2D eigenvalue weighted by Crippen LogP contribution is -2.29. The Balaban J connectivity index is 2.29. The van der Waals surface area contributed by atoms with Crippen LogP contribution < -0.4 is 0 Å². The number of aliphatic hydroxyl groups is 1. The van der Waals surface area contributed by atoms with E-state index in [1.54, 1.807) is 23.5 Å². The summed E-state index contributed by atoms with van der Waals surface area (Å²) in [5.41, 5.74) is 2.05. The summed E-state index contributed by atoms with van der Waals surface area (Å²) < 4.78 is 1.16. The van der Waals surface area contributed by atoms with Crippen LogP contribution in [0.5, 0.6) is 0 Å². The standard InChI is InChI=1S/C15H20N2OS2/c1-10(14(19-3)20-4)15(2,18)9-13-16-11-7-5-6-8-12(11)17-13/h5-8,18H,9H2,1-4H3,(H,16,17). The second-order valence-corrected chi connectivity index (χ2v) is 6.86. The highest BCUT2D eigenvalue weighted by molar-refractivity contribution is 8.21. The van der Waals surface area contributed by atoms with Crippen molar-refractivity contribution in [3.63, 3.8) is 0 Å². The van der Waals surface area contributed by atoms with Gasteiger partial charge in [-0.2, -0.15) is 0 Å². The fraction of sp³-hybridized carbons (Fsp3) is 0.400. The van der Waals surface area contributed by atoms with Crippen molar-refractivity contribution in [3.8, 4) is 0 Å². The third-order valence-corrected chi connectivity index (χ3v) is 5.79. The molecule has 0 aliphatic rings. The van der Waals surface area contributed by atoms with Gasteiger partial charge in [-0.05, 0) is 44.1 Å². The Kier molecular flexibility index (Phi) is 4.83. The van der Waals surface area contributed by atoms with Crippen LogP contribution in [0, 0.1) is 0 Å². The van der Waals surface area contributed by atoms with Crippen LogP contribution in [0.15, 0.2) is 34.1 Å². The van der Waals surface area contributed by atoms with E-state index in [1.807, 2.05) is 50.6 Å². The van der Waals surface area contributed by atoms with Gasteiger partial charge in [-0.15, -0.1) is 23.5 Å². The molecule has 2 aromatic rings. The number of fused-ring (bicyclic) bond motifs is 1. The smallest absolute Gasteiger partial charge is 0.110 e. The Morgan fingerprint density at radius 1 is 1.30 bits per heavy atom. The molecule has 1 aromatic carbocycles. The third kappa shape index (κ3) is 3.22. The maximum absolute atomic E-state index is 10.7. The van der Waals surface area contributed by atoms with Crippen LogP contribution >= 0.6 is 23.5 Å². The summed E-state index contributed by atoms with van der Waals surface area (Å²) in [5.74, 6) is 0.817. The number of H-pyrrole nitrogens is 1. The number of hydrogen-bond acceptors (Lipinski definition) is 4. The van der Waals surface area contributed by atoms with E-state index in [1.165, 1.54) is 0 Å². The van der Waals surface area contributed by atoms with Crippen LogP contribution in [-0.2, 0) is 6.42 Å². The van der Waals surface area contributed by atoms with Gasteiger partial charge >= 0.3 is 0 Å². The van der Waals surface area contributed by atoms with Crippen LogP contribution in [0.1, 0.15) is 19.7 Å². The van der Waals surface area contributed by atoms with Crippen molar-refractivity contribution in [2.45, 2.75) is 25.9 Å². The van der Waals surface area contributed by atoms with E-state index >= 15 is 0 Å². The number of nitrogens with zero attached hydrogens (tertiary/aromatic N) is 1. The van der Waals surface area contributed by atoms with Crippen molar-refractivity contribution in [1.29, 1.82) is 0 Å². The van der Waals surface area contributed by atoms with Gasteiger partial charge in [-0.25, -0.2) is 4.98 Å². The third-order valence-electron chi connectivity index (χ3n) is 3.43. The minimum absolute atomic E-state index is 0.484. The minimum Gasteiger partial charge on any atom is -0.385 e. The summed E-state index contributed by atoms with van der Waals surface area (Å²) in [7, 11) is 0. The number of rotatable bonds is 5. The average Bonchev–Trinajstić information content (AvgIpc) is 2.81. The molecular weight excluding hydrogens is 288 g/mol. The predicted molar refractivity (Wildman–Crippen MR) is 90.2 cm³/mol. The molecule has 1 atom stereocenters. The predicted octanol–water partition coefficient (Wildman–Crippen LogP) is 3.81. The van der Waals surface area contributed by atoms with Gasteiger partial charge in [-0.1, -0.05) is 12.1 Å². The fourth-order valence-corrected chi connectivity index (χ4v) is 3.88. The monoisotopic (exact) mass is 308 g/mol. The van der Waals surface area contributed by atoms with Gasteiger partial charge in [0.25, 0.3) is 0 Å². The van der Waals surface area contributed by atoms with E-state index < -0.39 is 5.60 Å². The van der Waals surface area contributed by atoms with Crippen molar-refractivity contribution in [2.75, 3.05) is 12.5 Å². The normalized spacial score (nSPS) is 14.2. The van der Waals surface area contributed by atoms with E-state index in [4.69, 9.17) is 0 Å². The summed E-state index contributed by atoms with van der Waals surface area (Å²) in [6.07, 6.45) is 4.55. The zero-order valence-electron chi connectivity index (χ0n) is 12.2. The Bertz CT molecular complexity index is 593. The van der Waals surface area contributed by atoms with E-state index in [2.05, 4.69) is 9.97 Å². The molecule has 2 rings (SSSR count). The molecule has 20 heavy (non-hydrogen) atoms. The molecule has 3 nitrogen and oxygen atoms in total. The van der Waals surface area contributed by atoms with Gasteiger partial charge in [0.05, 0.1) is 16.6 Å². The first-order chi connectivity index (χ1) is 9.47. The lowest BCUT2D eigenvalue weighted by molar-refractivity contribution is 0.0972. The number of aromatic amines is 1. The number of thioether (sulfide) groups is 2. The Labute approximate surface area is 128 Å². The van der Waals surface area contributed by atoms with Gasteiger partial charge in [0.15, 0.2) is 0 Å². The highest BCUT2D eigenvalue weighted by Crippen LogP contribution is 2.34. The highest BCUT2D eigenvalue weighted by Gasteiger charge is 2.27. The average molecular weight is 308 g/mol. The molecule has 0 radical (unpaired) electrons. The molecule has 0 saturated heterocycles. The van der Waals surface area contributed by atoms with Crippen molar-refractivity contribution < 1.29 is 5.11 Å². The molecule has 0 bridgehead atoms. The second kappa shape index (κ2) is 6.24. The molecule has 1 aromatic heterocycles. The lowest BCUT2D eigenvalue weighted by atomic mass is 9.94. The number of para-hydroxylation sites is 2. The van der Waals surface area contributed by atoms with E-state index in [9.17, 15) is 5.11 Å². The molecule has 1 heterocycles. The first-order valence-electron chi connectivity index (χ1n) is 6.43. The van der Waals surface area contributed by atoms with Crippen molar-refractivity contribution >= 4 is 34.6 Å². The second-order valence-electron chi connectivity index (χ2n) is 4.97. The van der Waals surface area contributed by atoms with Gasteiger partial charge in [-0.3, -0.25) is 0 Å². The molecule has 0 aliphatic heterocycles. The SMILES string of the molecule is CSC(SC)=C(C)C(C)(O)Cc1nc2ccccc2[nH]1. The van der Waals surface area contributed by atoms with Gasteiger partial charge < -0.3 is 10.1 Å². The fourth-order valence-electron chi connectivity index (χ4n) is 2.16. The number of aromatic nitrogens is 2. The van der Waals surface area contributed by atoms with Gasteiger partial charge in [0.2, 0.25) is 0 Å². The Morgan fingerprint density at radius 2 is 1.95 bits per heavy atom. The summed E-state index contributed by atoms with van der Waals surface area (Å²) >= 11 is 3.34. The summed E-state index contributed by atoms with van der Waals surface area (Å²) in [5, 5.41) is 10.7. The van der Waals surface area contributed by atoms with Crippen LogP contribution in [0.3, 0.4) is 0 Å². The van der Waals surface area contributed by atoms with Crippen molar-refractivity contribution in [1.82, 2.24) is 9.97 Å². The van der Waals surface area contributed by atoms with E-state index in [0.29, 0.717) is 6.42 Å². The largest absolute Gasteiger partial charge is 0.385 e. The summed E-state index contributed by atoms with van der Waals surface area (Å²) in [4.78, 5) is 7.81. The number of hydrogen-bond donors (Lipinski definition) is 2. The highest BCUT2D eigenvalue weighted by atomic mass is 32.2. The summed E-state index contributed by atoms with van der Waals surface area (Å²) in [6, 6.07) is 7.92. The molecule has 2 N–H and O–H groups in total. The molecule has 0 spiro atoms. The number of imidazole rings is 1. The van der Waals surface area contributed by atoms with Crippen LogP contribution in [0.25, 0.3) is 11.0 Å². The quantitative estimate of drug-likeness (QED) is 0.882. The molecule has 1 unspecified atom stereocenters. The summed E-state index contributed by atoms with van der Waals surface area (Å²) in [6.45, 7) is 3.84. The van der Waals surface area contributed by atoms with Gasteiger partial charge in [0.1, 0.15) is 5.82 Å². The molecule has 0 aliphatic carbocycles. The topological polar surface area (TPSA) is 48.9 Å². The van der Waals surface area contributed by atoms with Crippen molar-refractivity contribution in [2.24, 2.45) is 0 Å². The van der Waals surface area contributed by atoms with E-state index in [-0.39, 0.29) is 0 Å². The molecule has 5 heteroatoms. The maximum atomic E-state index is 10.7. The lowest BCUT2D eigenvalue weighted by Gasteiger charge is -2.25. The minimum atomic E-state index is -0.894. The first kappa shape index (κ1) is 15.5.